The maximum Gasteiger partial charge on any atom is 0.306 e. The Morgan fingerprint density at radius 2 is 0.487 bits per heavy atom. The minimum Gasteiger partial charge on any atom is -0.462 e. The quantitative estimate of drug-likeness (QED) is 0.0261. The van der Waals surface area contributed by atoms with Crippen LogP contribution in [0.5, 0.6) is 0 Å². The van der Waals surface area contributed by atoms with Gasteiger partial charge in [-0.05, 0) is 103 Å². The molecule has 0 aliphatic heterocycles. The van der Waals surface area contributed by atoms with Crippen molar-refractivity contribution >= 4 is 17.9 Å². The van der Waals surface area contributed by atoms with E-state index < -0.39 is 6.10 Å². The van der Waals surface area contributed by atoms with Gasteiger partial charge in [-0.2, -0.15) is 0 Å². The number of carbonyl (C=O) groups excluding carboxylic acids is 3. The molecule has 0 aromatic heterocycles. The van der Waals surface area contributed by atoms with Gasteiger partial charge in [0.05, 0.1) is 0 Å². The van der Waals surface area contributed by atoms with Crippen LogP contribution in [0.4, 0.5) is 0 Å². The molecule has 0 saturated carbocycles. The first-order chi connectivity index (χ1) is 39.5. The molecule has 460 valence electrons. The summed E-state index contributed by atoms with van der Waals surface area (Å²) < 4.78 is 17.0. The lowest BCUT2D eigenvalue weighted by Crippen LogP contribution is -2.30. The van der Waals surface area contributed by atoms with Crippen LogP contribution in [0.15, 0.2) is 97.2 Å². The third kappa shape index (κ3) is 65.1. The van der Waals surface area contributed by atoms with Crippen molar-refractivity contribution in [2.75, 3.05) is 13.2 Å². The molecule has 0 saturated heterocycles. The molecule has 0 heterocycles. The van der Waals surface area contributed by atoms with Crippen LogP contribution in [0.2, 0.25) is 0 Å². The van der Waals surface area contributed by atoms with Crippen LogP contribution in [-0.2, 0) is 28.6 Å². The molecular weight excluding hydrogens is 985 g/mol. The Balaban J connectivity index is 4.33. The van der Waals surface area contributed by atoms with Gasteiger partial charge in [-0.3, -0.25) is 14.4 Å². The summed E-state index contributed by atoms with van der Waals surface area (Å²) in [5, 5.41) is 0. The van der Waals surface area contributed by atoms with Crippen molar-refractivity contribution in [2.45, 2.75) is 341 Å². The summed E-state index contributed by atoms with van der Waals surface area (Å²) in [6.07, 6.45) is 91.3. The van der Waals surface area contributed by atoms with Crippen molar-refractivity contribution in [3.8, 4) is 0 Å². The predicted molar refractivity (Wildman–Crippen MR) is 348 cm³/mol. The fraction of sp³-hybridized carbons (Fsp3) is 0.743. The lowest BCUT2D eigenvalue weighted by molar-refractivity contribution is -0.167. The van der Waals surface area contributed by atoms with E-state index in [4.69, 9.17) is 14.2 Å². The number of ether oxygens (including phenoxy) is 3. The summed E-state index contributed by atoms with van der Waals surface area (Å²) in [5.41, 5.74) is 0. The lowest BCUT2D eigenvalue weighted by atomic mass is 10.0. The molecule has 0 spiro atoms. The first kappa shape index (κ1) is 76.3. The van der Waals surface area contributed by atoms with Crippen molar-refractivity contribution in [3.05, 3.63) is 97.2 Å². The Bertz CT molecular complexity index is 1560. The number of hydrogen-bond acceptors (Lipinski definition) is 6. The first-order valence-electron chi connectivity index (χ1n) is 34.2. The first-order valence-corrected chi connectivity index (χ1v) is 34.2. The second-order valence-corrected chi connectivity index (χ2v) is 22.7. The number of carbonyl (C=O) groups is 3. The van der Waals surface area contributed by atoms with Crippen LogP contribution in [0.3, 0.4) is 0 Å². The predicted octanol–water partition coefficient (Wildman–Crippen LogP) is 23.6. The second kappa shape index (κ2) is 67.8. The molecular formula is C74H128O6. The molecule has 0 amide bonds. The molecule has 0 aliphatic rings. The molecule has 0 rings (SSSR count). The molecule has 0 bridgehead atoms. The van der Waals surface area contributed by atoms with Gasteiger partial charge in [0.15, 0.2) is 6.10 Å². The molecule has 1 unspecified atom stereocenters. The van der Waals surface area contributed by atoms with Crippen molar-refractivity contribution in [2.24, 2.45) is 0 Å². The van der Waals surface area contributed by atoms with Gasteiger partial charge in [0, 0.05) is 19.3 Å². The summed E-state index contributed by atoms with van der Waals surface area (Å²) in [7, 11) is 0. The van der Waals surface area contributed by atoms with E-state index in [2.05, 4.69) is 118 Å². The molecule has 0 aromatic rings. The van der Waals surface area contributed by atoms with Gasteiger partial charge in [-0.15, -0.1) is 0 Å². The lowest BCUT2D eigenvalue weighted by Gasteiger charge is -2.18. The summed E-state index contributed by atoms with van der Waals surface area (Å²) in [5.74, 6) is -0.876. The van der Waals surface area contributed by atoms with Gasteiger partial charge in [-0.1, -0.05) is 311 Å². The van der Waals surface area contributed by atoms with E-state index in [1.165, 1.54) is 186 Å². The van der Waals surface area contributed by atoms with Gasteiger partial charge in [-0.25, -0.2) is 0 Å². The monoisotopic (exact) mass is 1110 g/mol. The van der Waals surface area contributed by atoms with E-state index in [1.807, 2.05) is 0 Å². The Morgan fingerprint density at radius 1 is 0.263 bits per heavy atom. The van der Waals surface area contributed by atoms with E-state index in [0.29, 0.717) is 19.3 Å². The summed E-state index contributed by atoms with van der Waals surface area (Å²) in [6, 6.07) is 0. The number of esters is 3. The normalized spacial score (nSPS) is 12.7. The number of allylic oxidation sites excluding steroid dienone is 16. The molecule has 6 heteroatoms. The molecule has 0 N–H and O–H groups in total. The van der Waals surface area contributed by atoms with Crippen molar-refractivity contribution in [3.63, 3.8) is 0 Å². The van der Waals surface area contributed by atoms with E-state index >= 15 is 0 Å². The minimum absolute atomic E-state index is 0.0782. The van der Waals surface area contributed by atoms with E-state index in [-0.39, 0.29) is 31.1 Å². The zero-order valence-electron chi connectivity index (χ0n) is 52.8. The van der Waals surface area contributed by atoms with Gasteiger partial charge in [0.2, 0.25) is 0 Å². The van der Waals surface area contributed by atoms with E-state index in [0.717, 1.165) is 109 Å². The average molecular weight is 1110 g/mol. The summed E-state index contributed by atoms with van der Waals surface area (Å²) >= 11 is 0. The standard InChI is InChI=1S/C74H128O6/c1-4-7-10-13-16-19-22-25-28-30-32-33-34-35-36-37-38-39-40-41-43-44-46-49-52-55-58-61-64-67-73(76)79-70-71(69-78-72(75)66-63-60-57-54-51-48-27-24-21-18-15-12-9-6-3)80-74(77)68-65-62-59-56-53-50-47-45-42-31-29-26-23-20-17-14-11-8-5-2/h7,10,16,19,25-26,28-29,32-33,35-36,38-39,41,43,71H,4-6,8-9,11-15,17-18,20-24,27,30-31,34,37,40,42,44-70H2,1-3H3/b10-7-,19-16-,28-25-,29-26-,33-32-,36-35-,39-38-,43-41-. The SMILES string of the molecule is CC/C=C\C/C=C\C/C=C\C/C=C\C/C=C\C/C=C\C/C=C\CCCCCCCCCC(=O)OCC(COC(=O)CCCCCCCCCCCCCCCC)OC(=O)CCCCCCCCCCC/C=C\CCCCCCCC. The number of rotatable bonds is 62. The van der Waals surface area contributed by atoms with Gasteiger partial charge < -0.3 is 14.2 Å². The zero-order chi connectivity index (χ0) is 57.8. The summed E-state index contributed by atoms with van der Waals surface area (Å²) in [4.78, 5) is 38.4. The highest BCUT2D eigenvalue weighted by atomic mass is 16.6. The van der Waals surface area contributed by atoms with Crippen molar-refractivity contribution in [1.82, 2.24) is 0 Å². The molecule has 0 fully saturated rings. The fourth-order valence-corrected chi connectivity index (χ4v) is 9.71. The Kier molecular flexibility index (Phi) is 64.7. The Labute approximate surface area is 496 Å². The zero-order valence-corrected chi connectivity index (χ0v) is 52.8. The maximum atomic E-state index is 12.9. The number of hydrogen-bond donors (Lipinski definition) is 0. The Hall–Kier alpha value is -3.67. The van der Waals surface area contributed by atoms with Gasteiger partial charge >= 0.3 is 17.9 Å². The highest BCUT2D eigenvalue weighted by molar-refractivity contribution is 5.71. The molecule has 6 nitrogen and oxygen atoms in total. The summed E-state index contributed by atoms with van der Waals surface area (Å²) in [6.45, 7) is 6.55. The minimum atomic E-state index is -0.783. The third-order valence-corrected chi connectivity index (χ3v) is 14.8. The van der Waals surface area contributed by atoms with Crippen LogP contribution < -0.4 is 0 Å². The van der Waals surface area contributed by atoms with Crippen LogP contribution in [0.25, 0.3) is 0 Å². The second-order valence-electron chi connectivity index (χ2n) is 22.7. The van der Waals surface area contributed by atoms with Crippen molar-refractivity contribution < 1.29 is 28.6 Å². The van der Waals surface area contributed by atoms with Gasteiger partial charge in [0.1, 0.15) is 13.2 Å². The van der Waals surface area contributed by atoms with Crippen LogP contribution in [0.1, 0.15) is 335 Å². The number of unbranched alkanes of at least 4 members (excludes halogenated alkanes) is 35. The van der Waals surface area contributed by atoms with Crippen LogP contribution in [-0.4, -0.2) is 37.2 Å². The Morgan fingerprint density at radius 3 is 0.775 bits per heavy atom. The third-order valence-electron chi connectivity index (χ3n) is 14.8. The topological polar surface area (TPSA) is 78.9 Å². The molecule has 0 aromatic carbocycles. The molecule has 1 atom stereocenters. The van der Waals surface area contributed by atoms with Crippen molar-refractivity contribution in [1.29, 1.82) is 0 Å². The van der Waals surface area contributed by atoms with Gasteiger partial charge in [0.25, 0.3) is 0 Å². The van der Waals surface area contributed by atoms with Crippen LogP contribution >= 0.6 is 0 Å². The maximum absolute atomic E-state index is 12.9. The molecule has 80 heavy (non-hydrogen) atoms. The molecule has 0 radical (unpaired) electrons. The smallest absolute Gasteiger partial charge is 0.306 e. The highest BCUT2D eigenvalue weighted by Gasteiger charge is 2.19. The highest BCUT2D eigenvalue weighted by Crippen LogP contribution is 2.17. The van der Waals surface area contributed by atoms with E-state index in [9.17, 15) is 14.4 Å². The molecule has 0 aliphatic carbocycles. The van der Waals surface area contributed by atoms with Crippen LogP contribution in [0, 0.1) is 0 Å². The largest absolute Gasteiger partial charge is 0.462 e. The fourth-order valence-electron chi connectivity index (χ4n) is 9.71. The van der Waals surface area contributed by atoms with E-state index in [1.54, 1.807) is 0 Å². The average Bonchev–Trinajstić information content (AvgIpc) is 3.46.